The Morgan fingerprint density at radius 1 is 1.22 bits per heavy atom. The van der Waals surface area contributed by atoms with E-state index in [0.29, 0.717) is 17.3 Å². The van der Waals surface area contributed by atoms with E-state index in [9.17, 15) is 0 Å². The number of nitriles is 1. The van der Waals surface area contributed by atoms with Crippen LogP contribution in [0.15, 0.2) is 42.6 Å². The van der Waals surface area contributed by atoms with Gasteiger partial charge in [-0.1, -0.05) is 32.0 Å². The molecule has 0 atom stereocenters. The van der Waals surface area contributed by atoms with E-state index in [-0.39, 0.29) is 0 Å². The molecule has 0 aliphatic rings. The Kier molecular flexibility index (Phi) is 3.59. The molecular weight excluding hydrogens is 222 g/mol. The van der Waals surface area contributed by atoms with Crippen LogP contribution in [-0.4, -0.2) is 4.98 Å². The largest absolute Gasteiger partial charge is 0.340 e. The first-order valence-electron chi connectivity index (χ1n) is 5.93. The van der Waals surface area contributed by atoms with Crippen LogP contribution in [0.2, 0.25) is 0 Å². The molecule has 1 aromatic carbocycles. The zero-order valence-electron chi connectivity index (χ0n) is 10.5. The van der Waals surface area contributed by atoms with Gasteiger partial charge in [-0.2, -0.15) is 5.26 Å². The lowest BCUT2D eigenvalue weighted by molar-refractivity contribution is 0.869. The third-order valence-electron chi connectivity index (χ3n) is 2.73. The molecule has 0 aliphatic carbocycles. The Morgan fingerprint density at radius 3 is 2.72 bits per heavy atom. The van der Waals surface area contributed by atoms with Gasteiger partial charge in [0, 0.05) is 11.9 Å². The van der Waals surface area contributed by atoms with Gasteiger partial charge in [-0.05, 0) is 29.7 Å². The second-order valence-corrected chi connectivity index (χ2v) is 4.41. The van der Waals surface area contributed by atoms with Gasteiger partial charge in [0.2, 0.25) is 0 Å². The molecule has 0 spiro atoms. The molecule has 1 aromatic heterocycles. The van der Waals surface area contributed by atoms with Gasteiger partial charge in [0.1, 0.15) is 5.82 Å². The van der Waals surface area contributed by atoms with Gasteiger partial charge >= 0.3 is 0 Å². The van der Waals surface area contributed by atoms with Gasteiger partial charge in [0.25, 0.3) is 0 Å². The van der Waals surface area contributed by atoms with Crippen LogP contribution in [0.25, 0.3) is 0 Å². The maximum absolute atomic E-state index is 8.87. The number of nitrogens with zero attached hydrogens (tertiary/aromatic N) is 2. The summed E-state index contributed by atoms with van der Waals surface area (Å²) in [6, 6.07) is 13.7. The SMILES string of the molecule is CC(C)c1ccccc1Nc1cc(C#N)ccn1. The first kappa shape index (κ1) is 12.1. The Hall–Kier alpha value is -2.34. The van der Waals surface area contributed by atoms with E-state index in [4.69, 9.17) is 5.26 Å². The van der Waals surface area contributed by atoms with E-state index >= 15 is 0 Å². The topological polar surface area (TPSA) is 48.7 Å². The minimum Gasteiger partial charge on any atom is -0.340 e. The summed E-state index contributed by atoms with van der Waals surface area (Å²) in [6.45, 7) is 4.30. The molecule has 1 heterocycles. The zero-order chi connectivity index (χ0) is 13.0. The summed E-state index contributed by atoms with van der Waals surface area (Å²) >= 11 is 0. The molecule has 0 bridgehead atoms. The summed E-state index contributed by atoms with van der Waals surface area (Å²) in [5, 5.41) is 12.1. The van der Waals surface area contributed by atoms with Crippen molar-refractivity contribution in [2.45, 2.75) is 19.8 Å². The van der Waals surface area contributed by atoms with Gasteiger partial charge in [-0.15, -0.1) is 0 Å². The fourth-order valence-electron chi connectivity index (χ4n) is 1.82. The maximum Gasteiger partial charge on any atom is 0.131 e. The van der Waals surface area contributed by atoms with Crippen molar-refractivity contribution in [1.82, 2.24) is 4.98 Å². The van der Waals surface area contributed by atoms with Crippen molar-refractivity contribution in [3.05, 3.63) is 53.7 Å². The van der Waals surface area contributed by atoms with Crippen LogP contribution < -0.4 is 5.32 Å². The molecule has 0 aliphatic heterocycles. The first-order valence-corrected chi connectivity index (χ1v) is 5.93. The highest BCUT2D eigenvalue weighted by Crippen LogP contribution is 2.26. The lowest BCUT2D eigenvalue weighted by Crippen LogP contribution is -1.99. The molecule has 18 heavy (non-hydrogen) atoms. The first-order chi connectivity index (χ1) is 8.70. The molecule has 3 nitrogen and oxygen atoms in total. The molecule has 1 N–H and O–H groups in total. The fraction of sp³-hybridized carbons (Fsp3) is 0.200. The number of anilines is 2. The highest BCUT2D eigenvalue weighted by atomic mass is 15.0. The zero-order valence-corrected chi connectivity index (χ0v) is 10.5. The summed E-state index contributed by atoms with van der Waals surface area (Å²) in [5.74, 6) is 1.13. The quantitative estimate of drug-likeness (QED) is 0.882. The van der Waals surface area contributed by atoms with Crippen molar-refractivity contribution >= 4 is 11.5 Å². The molecule has 0 saturated carbocycles. The normalized spacial score (nSPS) is 10.1. The minimum absolute atomic E-state index is 0.438. The molecule has 2 aromatic rings. The van der Waals surface area contributed by atoms with Gasteiger partial charge < -0.3 is 5.32 Å². The van der Waals surface area contributed by atoms with Crippen LogP contribution in [0.1, 0.15) is 30.9 Å². The van der Waals surface area contributed by atoms with Crippen LogP contribution in [0, 0.1) is 11.3 Å². The Labute approximate surface area is 107 Å². The number of aromatic nitrogens is 1. The molecule has 0 saturated heterocycles. The summed E-state index contributed by atoms with van der Waals surface area (Å²) in [5.41, 5.74) is 2.88. The van der Waals surface area contributed by atoms with Crippen LogP contribution in [0.5, 0.6) is 0 Å². The number of para-hydroxylation sites is 1. The van der Waals surface area contributed by atoms with E-state index in [0.717, 1.165) is 5.69 Å². The summed E-state index contributed by atoms with van der Waals surface area (Å²) < 4.78 is 0. The number of nitrogens with one attached hydrogen (secondary N) is 1. The molecule has 0 amide bonds. The second-order valence-electron chi connectivity index (χ2n) is 4.41. The molecule has 90 valence electrons. The monoisotopic (exact) mass is 237 g/mol. The van der Waals surface area contributed by atoms with E-state index in [1.165, 1.54) is 5.56 Å². The van der Waals surface area contributed by atoms with Gasteiger partial charge in [0.05, 0.1) is 11.6 Å². The van der Waals surface area contributed by atoms with Crippen molar-refractivity contribution in [1.29, 1.82) is 5.26 Å². The van der Waals surface area contributed by atoms with E-state index < -0.39 is 0 Å². The van der Waals surface area contributed by atoms with Crippen molar-refractivity contribution in [2.24, 2.45) is 0 Å². The van der Waals surface area contributed by atoms with Crippen molar-refractivity contribution in [3.8, 4) is 6.07 Å². The average Bonchev–Trinajstić information content (AvgIpc) is 2.39. The van der Waals surface area contributed by atoms with E-state index in [1.54, 1.807) is 18.3 Å². The van der Waals surface area contributed by atoms with Gasteiger partial charge in [0.15, 0.2) is 0 Å². The maximum atomic E-state index is 8.87. The van der Waals surface area contributed by atoms with Gasteiger partial charge in [-0.25, -0.2) is 4.98 Å². The smallest absolute Gasteiger partial charge is 0.131 e. The Bertz CT molecular complexity index is 582. The van der Waals surface area contributed by atoms with Crippen LogP contribution >= 0.6 is 0 Å². The standard InChI is InChI=1S/C15H15N3/c1-11(2)13-5-3-4-6-14(13)18-15-9-12(10-16)7-8-17-15/h3-9,11H,1-2H3,(H,17,18). The van der Waals surface area contributed by atoms with E-state index in [1.807, 2.05) is 18.2 Å². The third-order valence-corrected chi connectivity index (χ3v) is 2.73. The van der Waals surface area contributed by atoms with Crippen molar-refractivity contribution in [3.63, 3.8) is 0 Å². The second kappa shape index (κ2) is 5.33. The average molecular weight is 237 g/mol. The summed E-state index contributed by atoms with van der Waals surface area (Å²) in [7, 11) is 0. The molecule has 0 fully saturated rings. The highest BCUT2D eigenvalue weighted by Gasteiger charge is 2.06. The van der Waals surface area contributed by atoms with E-state index in [2.05, 4.69) is 36.3 Å². The van der Waals surface area contributed by atoms with Gasteiger partial charge in [-0.3, -0.25) is 0 Å². The molecule has 3 heteroatoms. The van der Waals surface area contributed by atoms with Crippen LogP contribution in [-0.2, 0) is 0 Å². The number of benzene rings is 1. The molecule has 2 rings (SSSR count). The third kappa shape index (κ3) is 2.67. The summed E-state index contributed by atoms with van der Waals surface area (Å²) in [6.07, 6.45) is 1.64. The lowest BCUT2D eigenvalue weighted by Gasteiger charge is -2.13. The molecular formula is C15H15N3. The van der Waals surface area contributed by atoms with Crippen molar-refractivity contribution in [2.75, 3.05) is 5.32 Å². The minimum atomic E-state index is 0.438. The Balaban J connectivity index is 2.31. The number of hydrogen-bond acceptors (Lipinski definition) is 3. The predicted octanol–water partition coefficient (Wildman–Crippen LogP) is 3.82. The van der Waals surface area contributed by atoms with Crippen molar-refractivity contribution < 1.29 is 0 Å². The fourth-order valence-corrected chi connectivity index (χ4v) is 1.82. The van der Waals surface area contributed by atoms with Crippen LogP contribution in [0.4, 0.5) is 11.5 Å². The lowest BCUT2D eigenvalue weighted by atomic mass is 10.0. The molecule has 0 radical (unpaired) electrons. The summed E-state index contributed by atoms with van der Waals surface area (Å²) in [4.78, 5) is 4.22. The Morgan fingerprint density at radius 2 is 2.00 bits per heavy atom. The van der Waals surface area contributed by atoms with Crippen LogP contribution in [0.3, 0.4) is 0 Å². The highest BCUT2D eigenvalue weighted by molar-refractivity contribution is 5.62. The number of rotatable bonds is 3. The molecule has 0 unspecified atom stereocenters. The predicted molar refractivity (Wildman–Crippen MR) is 72.8 cm³/mol. The number of pyridine rings is 1. The number of hydrogen-bond donors (Lipinski definition) is 1.